The van der Waals surface area contributed by atoms with Crippen LogP contribution in [0.4, 0.5) is 0 Å². The van der Waals surface area contributed by atoms with Crippen LogP contribution >= 0.6 is 0 Å². The highest BCUT2D eigenvalue weighted by Crippen LogP contribution is 2.19. The highest BCUT2D eigenvalue weighted by atomic mass is 32.2. The van der Waals surface area contributed by atoms with Gasteiger partial charge in [0, 0.05) is 38.7 Å². The highest BCUT2D eigenvalue weighted by Gasteiger charge is 2.30. The van der Waals surface area contributed by atoms with Crippen LogP contribution in [0.5, 0.6) is 0 Å². The van der Waals surface area contributed by atoms with Gasteiger partial charge in [0.1, 0.15) is 11.6 Å². The molecule has 0 spiro atoms. The van der Waals surface area contributed by atoms with Crippen LogP contribution in [-0.4, -0.2) is 41.1 Å². The summed E-state index contributed by atoms with van der Waals surface area (Å²) in [6.45, 7) is 5.12. The third-order valence-corrected chi connectivity index (χ3v) is 5.07. The van der Waals surface area contributed by atoms with E-state index in [-0.39, 0.29) is 23.9 Å². The van der Waals surface area contributed by atoms with Gasteiger partial charge >= 0.3 is 0 Å². The third-order valence-electron chi connectivity index (χ3n) is 3.30. The number of carbonyl (C=O) groups is 1. The van der Waals surface area contributed by atoms with Gasteiger partial charge in [-0.2, -0.15) is 4.31 Å². The smallest absolute Gasteiger partial charge is 0.262 e. The van der Waals surface area contributed by atoms with Gasteiger partial charge in [-0.25, -0.2) is 13.4 Å². The standard InChI is InChI=1S/C12H19N3O3S/c1-3-6-14-9-12(13-10(14)2)19(17,18)15-7-4-11(16)5-8-15/h9H,3-8H2,1-2H3. The van der Waals surface area contributed by atoms with E-state index in [2.05, 4.69) is 4.98 Å². The van der Waals surface area contributed by atoms with Crippen molar-refractivity contribution in [3.63, 3.8) is 0 Å². The van der Waals surface area contributed by atoms with Crippen LogP contribution in [0.15, 0.2) is 11.2 Å². The molecule has 2 heterocycles. The summed E-state index contributed by atoms with van der Waals surface area (Å²) in [6, 6.07) is 0. The third kappa shape index (κ3) is 2.87. The van der Waals surface area contributed by atoms with E-state index >= 15 is 0 Å². The maximum absolute atomic E-state index is 12.4. The van der Waals surface area contributed by atoms with E-state index in [9.17, 15) is 13.2 Å². The molecular weight excluding hydrogens is 266 g/mol. The summed E-state index contributed by atoms with van der Waals surface area (Å²) in [5.41, 5.74) is 0. The predicted molar refractivity (Wildman–Crippen MR) is 70.3 cm³/mol. The van der Waals surface area contributed by atoms with Crippen LogP contribution in [0.25, 0.3) is 0 Å². The Morgan fingerprint density at radius 3 is 2.53 bits per heavy atom. The number of aromatic nitrogens is 2. The summed E-state index contributed by atoms with van der Waals surface area (Å²) < 4.78 is 28.0. The number of nitrogens with zero attached hydrogens (tertiary/aromatic N) is 3. The largest absolute Gasteiger partial charge is 0.334 e. The zero-order valence-electron chi connectivity index (χ0n) is 11.3. The van der Waals surface area contributed by atoms with E-state index in [4.69, 9.17) is 0 Å². The lowest BCUT2D eigenvalue weighted by molar-refractivity contribution is -0.120. The van der Waals surface area contributed by atoms with E-state index < -0.39 is 10.0 Å². The van der Waals surface area contributed by atoms with Crippen LogP contribution in [0, 0.1) is 6.92 Å². The second-order valence-electron chi connectivity index (χ2n) is 4.76. The Balaban J connectivity index is 2.24. The molecule has 19 heavy (non-hydrogen) atoms. The summed E-state index contributed by atoms with van der Waals surface area (Å²) in [7, 11) is -3.56. The minimum Gasteiger partial charge on any atom is -0.334 e. The average molecular weight is 285 g/mol. The second-order valence-corrected chi connectivity index (χ2v) is 6.65. The average Bonchev–Trinajstić information content (AvgIpc) is 2.73. The molecule has 0 amide bonds. The van der Waals surface area contributed by atoms with Gasteiger partial charge in [-0.1, -0.05) is 6.92 Å². The lowest BCUT2D eigenvalue weighted by Crippen LogP contribution is -2.38. The summed E-state index contributed by atoms with van der Waals surface area (Å²) in [4.78, 5) is 15.3. The molecule has 7 heteroatoms. The number of imidazole rings is 1. The highest BCUT2D eigenvalue weighted by molar-refractivity contribution is 7.89. The van der Waals surface area contributed by atoms with Crippen LogP contribution in [0.3, 0.4) is 0 Å². The van der Waals surface area contributed by atoms with Crippen LogP contribution in [0.2, 0.25) is 0 Å². The Hall–Kier alpha value is -1.21. The fourth-order valence-electron chi connectivity index (χ4n) is 2.18. The molecule has 1 aromatic heterocycles. The van der Waals surface area contributed by atoms with Gasteiger partial charge in [0.15, 0.2) is 5.03 Å². The Bertz CT molecular complexity index is 567. The van der Waals surface area contributed by atoms with E-state index in [0.717, 1.165) is 13.0 Å². The van der Waals surface area contributed by atoms with Crippen molar-refractivity contribution in [2.24, 2.45) is 0 Å². The van der Waals surface area contributed by atoms with Crippen molar-refractivity contribution in [2.75, 3.05) is 13.1 Å². The van der Waals surface area contributed by atoms with Crippen molar-refractivity contribution in [3.8, 4) is 0 Å². The van der Waals surface area contributed by atoms with E-state index in [1.54, 1.807) is 13.1 Å². The maximum atomic E-state index is 12.4. The molecule has 6 nitrogen and oxygen atoms in total. The van der Waals surface area contributed by atoms with Gasteiger partial charge in [0.2, 0.25) is 0 Å². The summed E-state index contributed by atoms with van der Waals surface area (Å²) in [6.07, 6.45) is 3.11. The Kier molecular flexibility index (Phi) is 4.05. The molecule has 1 saturated heterocycles. The summed E-state index contributed by atoms with van der Waals surface area (Å²) in [5, 5.41) is 0.0906. The number of sulfonamides is 1. The van der Waals surface area contributed by atoms with Crippen molar-refractivity contribution in [2.45, 2.75) is 44.7 Å². The normalized spacial score (nSPS) is 17.9. The first-order chi connectivity index (χ1) is 8.95. The number of hydrogen-bond donors (Lipinski definition) is 0. The molecule has 0 N–H and O–H groups in total. The molecule has 0 aliphatic carbocycles. The fraction of sp³-hybridized carbons (Fsp3) is 0.667. The quantitative estimate of drug-likeness (QED) is 0.826. The molecule has 0 aromatic carbocycles. The molecule has 0 atom stereocenters. The lowest BCUT2D eigenvalue weighted by Gasteiger charge is -2.24. The Morgan fingerprint density at radius 1 is 1.32 bits per heavy atom. The molecule has 2 rings (SSSR count). The van der Waals surface area contributed by atoms with E-state index in [1.807, 2.05) is 11.5 Å². The van der Waals surface area contributed by atoms with E-state index in [1.165, 1.54) is 4.31 Å². The van der Waals surface area contributed by atoms with Gasteiger partial charge in [-0.3, -0.25) is 4.79 Å². The zero-order chi connectivity index (χ0) is 14.0. The number of ketones is 1. The van der Waals surface area contributed by atoms with Crippen molar-refractivity contribution >= 4 is 15.8 Å². The number of aryl methyl sites for hydroxylation is 2. The number of hydrogen-bond acceptors (Lipinski definition) is 4. The first-order valence-corrected chi connectivity index (χ1v) is 7.94. The van der Waals surface area contributed by atoms with Crippen LogP contribution < -0.4 is 0 Å². The van der Waals surface area contributed by atoms with Crippen LogP contribution in [-0.2, 0) is 21.4 Å². The number of carbonyl (C=O) groups excluding carboxylic acids is 1. The van der Waals surface area contributed by atoms with Gasteiger partial charge in [-0.05, 0) is 13.3 Å². The molecule has 0 saturated carbocycles. The van der Waals surface area contributed by atoms with Crippen molar-refractivity contribution in [1.29, 1.82) is 0 Å². The SMILES string of the molecule is CCCn1cc(S(=O)(=O)N2CCC(=O)CC2)nc1C. The first-order valence-electron chi connectivity index (χ1n) is 6.50. The van der Waals surface area contributed by atoms with Gasteiger partial charge in [0.05, 0.1) is 0 Å². The summed E-state index contributed by atoms with van der Waals surface area (Å²) in [5.74, 6) is 0.827. The molecule has 0 radical (unpaired) electrons. The minimum atomic E-state index is -3.56. The van der Waals surface area contributed by atoms with E-state index in [0.29, 0.717) is 18.7 Å². The Morgan fingerprint density at radius 2 is 1.95 bits per heavy atom. The fourth-order valence-corrected chi connectivity index (χ4v) is 3.61. The lowest BCUT2D eigenvalue weighted by atomic mass is 10.1. The van der Waals surface area contributed by atoms with Crippen molar-refractivity contribution in [1.82, 2.24) is 13.9 Å². The number of rotatable bonds is 4. The van der Waals surface area contributed by atoms with Gasteiger partial charge in [0.25, 0.3) is 10.0 Å². The molecule has 1 aliphatic heterocycles. The minimum absolute atomic E-state index is 0.0906. The second kappa shape index (κ2) is 5.42. The molecule has 1 fully saturated rings. The first kappa shape index (κ1) is 14.2. The molecule has 106 valence electrons. The van der Waals surface area contributed by atoms with Gasteiger partial charge in [-0.15, -0.1) is 0 Å². The molecular formula is C12H19N3O3S. The molecule has 0 unspecified atom stereocenters. The monoisotopic (exact) mass is 285 g/mol. The number of piperidine rings is 1. The predicted octanol–water partition coefficient (Wildman–Crippen LogP) is 0.955. The maximum Gasteiger partial charge on any atom is 0.262 e. The molecule has 0 bridgehead atoms. The molecule has 1 aliphatic rings. The van der Waals surface area contributed by atoms with Crippen molar-refractivity contribution < 1.29 is 13.2 Å². The Labute approximate surface area is 113 Å². The van der Waals surface area contributed by atoms with Crippen molar-refractivity contribution in [3.05, 3.63) is 12.0 Å². The van der Waals surface area contributed by atoms with Gasteiger partial charge < -0.3 is 4.57 Å². The molecule has 1 aromatic rings. The number of Topliss-reactive ketones (excluding diaryl/α,β-unsaturated/α-hetero) is 1. The zero-order valence-corrected chi connectivity index (χ0v) is 12.1. The summed E-state index contributed by atoms with van der Waals surface area (Å²) >= 11 is 0. The topological polar surface area (TPSA) is 72.3 Å². The van der Waals surface area contributed by atoms with Crippen LogP contribution in [0.1, 0.15) is 32.0 Å².